The van der Waals surface area contributed by atoms with E-state index in [0.717, 1.165) is 19.4 Å². The van der Waals surface area contributed by atoms with Gasteiger partial charge in [0.2, 0.25) is 0 Å². The highest BCUT2D eigenvalue weighted by atomic mass is 127. The Morgan fingerprint density at radius 3 is 2.69 bits per heavy atom. The summed E-state index contributed by atoms with van der Waals surface area (Å²) in [6, 6.07) is 8.71. The standard InChI is InChI=1S/C13H18INO/c14-11-6-4-10(5-7-11)9-12(15)13-3-1-2-8-16-13/h4-7,12-13H,1-3,8-9,15H2. The van der Waals surface area contributed by atoms with Gasteiger partial charge in [-0.2, -0.15) is 0 Å². The van der Waals surface area contributed by atoms with Crippen LogP contribution in [-0.4, -0.2) is 18.8 Å². The van der Waals surface area contributed by atoms with Gasteiger partial charge in [0.25, 0.3) is 0 Å². The largest absolute Gasteiger partial charge is 0.377 e. The second-order valence-electron chi connectivity index (χ2n) is 4.40. The number of rotatable bonds is 3. The zero-order chi connectivity index (χ0) is 11.4. The summed E-state index contributed by atoms with van der Waals surface area (Å²) < 4.78 is 6.98. The highest BCUT2D eigenvalue weighted by molar-refractivity contribution is 14.1. The zero-order valence-corrected chi connectivity index (χ0v) is 11.5. The first-order valence-electron chi connectivity index (χ1n) is 5.87. The Kier molecular flexibility index (Phi) is 4.61. The highest BCUT2D eigenvalue weighted by Gasteiger charge is 2.21. The molecule has 0 amide bonds. The molecule has 2 nitrogen and oxygen atoms in total. The minimum absolute atomic E-state index is 0.139. The number of nitrogens with two attached hydrogens (primary N) is 1. The average Bonchev–Trinajstić information content (AvgIpc) is 2.33. The van der Waals surface area contributed by atoms with Gasteiger partial charge in [-0.15, -0.1) is 0 Å². The van der Waals surface area contributed by atoms with Crippen molar-refractivity contribution < 1.29 is 4.74 Å². The first-order valence-corrected chi connectivity index (χ1v) is 6.95. The summed E-state index contributed by atoms with van der Waals surface area (Å²) in [5.41, 5.74) is 7.50. The van der Waals surface area contributed by atoms with E-state index in [0.29, 0.717) is 0 Å². The molecule has 0 radical (unpaired) electrons. The second-order valence-corrected chi connectivity index (χ2v) is 5.65. The SMILES string of the molecule is NC(Cc1ccc(I)cc1)C1CCCCO1. The summed E-state index contributed by atoms with van der Waals surface area (Å²) in [5.74, 6) is 0. The third-order valence-corrected chi connectivity index (χ3v) is 3.80. The molecule has 1 saturated heterocycles. The number of hydrogen-bond donors (Lipinski definition) is 1. The van der Waals surface area contributed by atoms with Gasteiger partial charge in [0.05, 0.1) is 6.10 Å². The highest BCUT2D eigenvalue weighted by Crippen LogP contribution is 2.17. The van der Waals surface area contributed by atoms with Crippen LogP contribution in [0.4, 0.5) is 0 Å². The van der Waals surface area contributed by atoms with Crippen molar-refractivity contribution in [2.75, 3.05) is 6.61 Å². The number of hydrogen-bond acceptors (Lipinski definition) is 2. The second kappa shape index (κ2) is 5.98. The summed E-state index contributed by atoms with van der Waals surface area (Å²) >= 11 is 2.32. The molecule has 1 aromatic rings. The Morgan fingerprint density at radius 1 is 1.31 bits per heavy atom. The molecule has 3 heteroatoms. The van der Waals surface area contributed by atoms with Crippen molar-refractivity contribution in [2.24, 2.45) is 5.73 Å². The molecule has 0 saturated carbocycles. The summed E-state index contributed by atoms with van der Waals surface area (Å²) in [7, 11) is 0. The first kappa shape index (κ1) is 12.3. The molecule has 0 spiro atoms. The monoisotopic (exact) mass is 331 g/mol. The molecule has 1 fully saturated rings. The van der Waals surface area contributed by atoms with Crippen LogP contribution in [0.2, 0.25) is 0 Å². The molecule has 88 valence electrons. The minimum Gasteiger partial charge on any atom is -0.377 e. The van der Waals surface area contributed by atoms with Crippen LogP contribution in [0.15, 0.2) is 24.3 Å². The van der Waals surface area contributed by atoms with Crippen LogP contribution in [-0.2, 0) is 11.2 Å². The van der Waals surface area contributed by atoms with Crippen LogP contribution in [0.3, 0.4) is 0 Å². The molecule has 0 bridgehead atoms. The van der Waals surface area contributed by atoms with Gasteiger partial charge in [-0.05, 0) is 66.0 Å². The van der Waals surface area contributed by atoms with Crippen molar-refractivity contribution in [3.8, 4) is 0 Å². The van der Waals surface area contributed by atoms with E-state index in [1.54, 1.807) is 0 Å². The topological polar surface area (TPSA) is 35.2 Å². The number of ether oxygens (including phenoxy) is 1. The molecule has 1 heterocycles. The lowest BCUT2D eigenvalue weighted by Gasteiger charge is -2.28. The molecule has 1 aliphatic heterocycles. The Hall–Kier alpha value is -0.130. The summed E-state index contributed by atoms with van der Waals surface area (Å²) in [6.07, 6.45) is 4.73. The fourth-order valence-electron chi connectivity index (χ4n) is 2.13. The van der Waals surface area contributed by atoms with Crippen molar-refractivity contribution in [2.45, 2.75) is 37.8 Å². The van der Waals surface area contributed by atoms with Gasteiger partial charge in [0, 0.05) is 16.2 Å². The van der Waals surface area contributed by atoms with Crippen LogP contribution >= 0.6 is 22.6 Å². The molecular formula is C13H18INO. The Bertz CT molecular complexity index is 319. The van der Waals surface area contributed by atoms with Gasteiger partial charge < -0.3 is 10.5 Å². The van der Waals surface area contributed by atoms with Gasteiger partial charge in [0.1, 0.15) is 0 Å². The molecule has 1 aliphatic rings. The van der Waals surface area contributed by atoms with Crippen molar-refractivity contribution in [1.29, 1.82) is 0 Å². The van der Waals surface area contributed by atoms with E-state index in [2.05, 4.69) is 46.9 Å². The third-order valence-electron chi connectivity index (χ3n) is 3.08. The summed E-state index contributed by atoms with van der Waals surface area (Å²) in [6.45, 7) is 0.880. The predicted octanol–water partition coefficient (Wildman–Crippen LogP) is 2.73. The lowest BCUT2D eigenvalue weighted by molar-refractivity contribution is 0.000635. The molecule has 0 aromatic heterocycles. The van der Waals surface area contributed by atoms with Gasteiger partial charge in [-0.3, -0.25) is 0 Å². The average molecular weight is 331 g/mol. The molecule has 0 aliphatic carbocycles. The quantitative estimate of drug-likeness (QED) is 0.865. The smallest absolute Gasteiger partial charge is 0.0729 e. The first-order chi connectivity index (χ1) is 7.75. The van der Waals surface area contributed by atoms with E-state index >= 15 is 0 Å². The molecule has 1 aromatic carbocycles. The predicted molar refractivity (Wildman–Crippen MR) is 74.4 cm³/mol. The third kappa shape index (κ3) is 3.43. The van der Waals surface area contributed by atoms with Gasteiger partial charge >= 0.3 is 0 Å². The van der Waals surface area contributed by atoms with E-state index in [1.165, 1.54) is 22.0 Å². The maximum absolute atomic E-state index is 6.19. The number of benzene rings is 1. The van der Waals surface area contributed by atoms with Gasteiger partial charge in [-0.1, -0.05) is 12.1 Å². The van der Waals surface area contributed by atoms with Crippen LogP contribution in [0.1, 0.15) is 24.8 Å². The van der Waals surface area contributed by atoms with Crippen molar-refractivity contribution >= 4 is 22.6 Å². The van der Waals surface area contributed by atoms with Crippen molar-refractivity contribution in [3.63, 3.8) is 0 Å². The summed E-state index contributed by atoms with van der Waals surface area (Å²) in [4.78, 5) is 0. The molecule has 2 atom stereocenters. The molecule has 2 rings (SSSR count). The fraction of sp³-hybridized carbons (Fsp3) is 0.538. The Balaban J connectivity index is 1.90. The van der Waals surface area contributed by atoms with E-state index in [-0.39, 0.29) is 12.1 Å². The van der Waals surface area contributed by atoms with Crippen LogP contribution < -0.4 is 5.73 Å². The molecular weight excluding hydrogens is 313 g/mol. The zero-order valence-electron chi connectivity index (χ0n) is 9.36. The number of halogens is 1. The maximum Gasteiger partial charge on any atom is 0.0729 e. The van der Waals surface area contributed by atoms with Crippen LogP contribution in [0.25, 0.3) is 0 Å². The van der Waals surface area contributed by atoms with E-state index in [1.807, 2.05) is 0 Å². The minimum atomic E-state index is 0.139. The van der Waals surface area contributed by atoms with E-state index < -0.39 is 0 Å². The van der Waals surface area contributed by atoms with Gasteiger partial charge in [-0.25, -0.2) is 0 Å². The van der Waals surface area contributed by atoms with E-state index in [9.17, 15) is 0 Å². The lowest BCUT2D eigenvalue weighted by Crippen LogP contribution is -2.40. The van der Waals surface area contributed by atoms with Crippen LogP contribution in [0.5, 0.6) is 0 Å². The van der Waals surface area contributed by atoms with Gasteiger partial charge in [0.15, 0.2) is 0 Å². The van der Waals surface area contributed by atoms with Crippen LogP contribution in [0, 0.1) is 3.57 Å². The molecule has 16 heavy (non-hydrogen) atoms. The van der Waals surface area contributed by atoms with Crippen molar-refractivity contribution in [1.82, 2.24) is 0 Å². The lowest BCUT2D eigenvalue weighted by atomic mass is 9.97. The fourth-order valence-corrected chi connectivity index (χ4v) is 2.49. The van der Waals surface area contributed by atoms with Crippen molar-refractivity contribution in [3.05, 3.63) is 33.4 Å². The summed E-state index contributed by atoms with van der Waals surface area (Å²) in [5, 5.41) is 0. The van der Waals surface area contributed by atoms with E-state index in [4.69, 9.17) is 10.5 Å². The normalized spacial score (nSPS) is 23.0. The Morgan fingerprint density at radius 2 is 2.06 bits per heavy atom. The molecule has 2 unspecified atom stereocenters. The maximum atomic E-state index is 6.19. The molecule has 2 N–H and O–H groups in total. The Labute approximate surface area is 111 Å².